The van der Waals surface area contributed by atoms with Crippen LogP contribution in [0, 0.1) is 11.6 Å². The maximum atomic E-state index is 17.0. The molecule has 7 nitrogen and oxygen atoms in total. The number of hydrogen-bond acceptors (Lipinski definition) is 7. The van der Waals surface area contributed by atoms with Crippen molar-refractivity contribution < 1.29 is 18.6 Å². The van der Waals surface area contributed by atoms with E-state index in [1.165, 1.54) is 6.07 Å². The molecule has 3 fully saturated rings. The second kappa shape index (κ2) is 10.3. The van der Waals surface area contributed by atoms with E-state index in [4.69, 9.17) is 14.7 Å². The van der Waals surface area contributed by atoms with Crippen LogP contribution in [0.2, 0.25) is 0 Å². The number of piperazine rings is 1. The molecule has 1 unspecified atom stereocenters. The number of rotatable bonds is 5. The molecule has 0 saturated carbocycles. The molecule has 1 atom stereocenters. The van der Waals surface area contributed by atoms with E-state index in [0.717, 1.165) is 88.0 Å². The van der Waals surface area contributed by atoms with E-state index in [1.807, 2.05) is 13.0 Å². The Hall–Kier alpha value is -3.56. The van der Waals surface area contributed by atoms with Gasteiger partial charge < -0.3 is 20.1 Å². The van der Waals surface area contributed by atoms with Crippen molar-refractivity contribution in [1.82, 2.24) is 20.2 Å². The van der Waals surface area contributed by atoms with Gasteiger partial charge in [0.2, 0.25) is 0 Å². The average molecular weight is 586 g/mol. The molecule has 0 bridgehead atoms. The van der Waals surface area contributed by atoms with Crippen molar-refractivity contribution in [2.45, 2.75) is 63.5 Å². The third-order valence-corrected chi connectivity index (χ3v) is 10.4. The maximum absolute atomic E-state index is 17.0. The summed E-state index contributed by atoms with van der Waals surface area (Å²) in [6.45, 7) is 7.00. The van der Waals surface area contributed by atoms with Crippen molar-refractivity contribution in [3.63, 3.8) is 0 Å². The van der Waals surface area contributed by atoms with E-state index >= 15 is 8.78 Å². The van der Waals surface area contributed by atoms with Crippen LogP contribution < -0.4 is 15.0 Å². The third kappa shape index (κ3) is 4.26. The fourth-order valence-electron chi connectivity index (χ4n) is 8.32. The lowest BCUT2D eigenvalue weighted by Gasteiger charge is -2.36. The van der Waals surface area contributed by atoms with E-state index in [9.17, 15) is 5.11 Å². The number of ether oxygens (including phenoxy) is 1. The minimum atomic E-state index is -0.499. The van der Waals surface area contributed by atoms with E-state index < -0.39 is 5.82 Å². The van der Waals surface area contributed by atoms with Gasteiger partial charge in [-0.05, 0) is 110 Å². The van der Waals surface area contributed by atoms with Crippen molar-refractivity contribution in [3.05, 3.63) is 53.1 Å². The smallest absolute Gasteiger partial charge is 0.319 e. The molecule has 5 heterocycles. The molecule has 8 rings (SSSR count). The van der Waals surface area contributed by atoms with Gasteiger partial charge in [0.05, 0.1) is 5.54 Å². The van der Waals surface area contributed by atoms with Gasteiger partial charge in [0.25, 0.3) is 0 Å². The Bertz CT molecular complexity index is 1750. The number of aryl methyl sites for hydroxylation is 2. The topological polar surface area (TPSA) is 73.8 Å². The summed E-state index contributed by atoms with van der Waals surface area (Å²) in [6.07, 6.45) is 6.56. The Kier molecular flexibility index (Phi) is 6.45. The van der Waals surface area contributed by atoms with Crippen LogP contribution in [0.5, 0.6) is 11.8 Å². The first-order valence-corrected chi connectivity index (χ1v) is 15.8. The number of halogens is 2. The van der Waals surface area contributed by atoms with E-state index in [-0.39, 0.29) is 34.7 Å². The van der Waals surface area contributed by atoms with Crippen molar-refractivity contribution in [2.24, 2.45) is 0 Å². The highest BCUT2D eigenvalue weighted by molar-refractivity contribution is 6.04. The van der Waals surface area contributed by atoms with Gasteiger partial charge in [0.15, 0.2) is 5.82 Å². The first kappa shape index (κ1) is 27.0. The molecule has 9 heteroatoms. The summed E-state index contributed by atoms with van der Waals surface area (Å²) < 4.78 is 38.5. The Labute approximate surface area is 249 Å². The zero-order valence-corrected chi connectivity index (χ0v) is 24.6. The molecule has 224 valence electrons. The lowest BCUT2D eigenvalue weighted by molar-refractivity contribution is 0.108. The molecule has 2 N–H and O–H groups in total. The van der Waals surface area contributed by atoms with Crippen molar-refractivity contribution >= 4 is 27.5 Å². The minimum Gasteiger partial charge on any atom is -0.508 e. The predicted molar refractivity (Wildman–Crippen MR) is 164 cm³/mol. The van der Waals surface area contributed by atoms with Crippen molar-refractivity contribution in [2.75, 3.05) is 44.2 Å². The lowest BCUT2D eigenvalue weighted by Crippen LogP contribution is -2.51. The minimum absolute atomic E-state index is 0.00839. The highest BCUT2D eigenvalue weighted by atomic mass is 19.1. The molecule has 1 aromatic heterocycles. The molecule has 43 heavy (non-hydrogen) atoms. The Morgan fingerprint density at radius 3 is 2.70 bits per heavy atom. The SMILES string of the molecule is CCc1c(F)ccc2cc(O)cc(-c3cc4c5c(nc(OCC67CCCN6CCC7)nc5c3F)N3CCNCC3CC4)c12. The lowest BCUT2D eigenvalue weighted by atomic mass is 9.90. The zero-order chi connectivity index (χ0) is 29.3. The predicted octanol–water partition coefficient (Wildman–Crippen LogP) is 5.73. The second-order valence-corrected chi connectivity index (χ2v) is 12.7. The highest BCUT2D eigenvalue weighted by Crippen LogP contribution is 2.44. The highest BCUT2D eigenvalue weighted by Gasteiger charge is 2.45. The molecule has 4 aliphatic heterocycles. The fraction of sp³-hybridized carbons (Fsp3) is 0.471. The van der Waals surface area contributed by atoms with Gasteiger partial charge in [-0.2, -0.15) is 9.97 Å². The van der Waals surface area contributed by atoms with Crippen LogP contribution in [0.1, 0.15) is 50.2 Å². The average Bonchev–Trinajstić information content (AvgIpc) is 3.56. The van der Waals surface area contributed by atoms with E-state index in [2.05, 4.69) is 15.1 Å². The molecule has 0 spiro atoms. The first-order chi connectivity index (χ1) is 21.0. The van der Waals surface area contributed by atoms with Gasteiger partial charge in [-0.3, -0.25) is 4.90 Å². The quantitative estimate of drug-likeness (QED) is 0.310. The standard InChI is InChI=1S/C34H37F2N5O2/c1-2-24-27(35)8-6-20-15-23(42)17-25(28(20)24)26-16-21-5-7-22-18-37-11-14-41(22)32-29(21)31(30(26)36)38-33(39-32)43-19-34-9-3-12-40(34)13-4-10-34/h6,8,15-17,22,37,42H,2-5,7,9-14,18-19H2,1H3. The summed E-state index contributed by atoms with van der Waals surface area (Å²) in [7, 11) is 0. The number of benzene rings is 3. The van der Waals surface area contributed by atoms with Crippen molar-refractivity contribution in [1.29, 1.82) is 0 Å². The van der Waals surface area contributed by atoms with Crippen LogP contribution in [0.25, 0.3) is 32.8 Å². The Morgan fingerprint density at radius 2 is 1.88 bits per heavy atom. The molecule has 3 aromatic carbocycles. The van der Waals surface area contributed by atoms with Crippen LogP contribution in [-0.2, 0) is 12.8 Å². The summed E-state index contributed by atoms with van der Waals surface area (Å²) in [5.41, 5.74) is 2.49. The number of hydrogen-bond donors (Lipinski definition) is 2. The number of fused-ring (bicyclic) bond motifs is 4. The van der Waals surface area contributed by atoms with Crippen LogP contribution in [0.15, 0.2) is 30.3 Å². The molecule has 0 aliphatic carbocycles. The number of aromatic nitrogens is 2. The number of anilines is 1. The Balaban J connectivity index is 1.34. The fourth-order valence-corrected chi connectivity index (χ4v) is 8.32. The monoisotopic (exact) mass is 585 g/mol. The second-order valence-electron chi connectivity index (χ2n) is 12.7. The molecule has 4 aromatic rings. The molecule has 0 amide bonds. The van der Waals surface area contributed by atoms with Gasteiger partial charge in [-0.25, -0.2) is 8.78 Å². The Morgan fingerprint density at radius 1 is 1.05 bits per heavy atom. The van der Waals surface area contributed by atoms with Gasteiger partial charge in [-0.15, -0.1) is 0 Å². The molecule has 0 radical (unpaired) electrons. The molecule has 4 aliphatic rings. The summed E-state index contributed by atoms with van der Waals surface area (Å²) in [4.78, 5) is 14.6. The van der Waals surface area contributed by atoms with Gasteiger partial charge in [0.1, 0.15) is 29.5 Å². The summed E-state index contributed by atoms with van der Waals surface area (Å²) in [5, 5.41) is 16.2. The van der Waals surface area contributed by atoms with Crippen LogP contribution >= 0.6 is 0 Å². The van der Waals surface area contributed by atoms with Crippen LogP contribution in [-0.4, -0.2) is 70.9 Å². The number of nitrogens with zero attached hydrogens (tertiary/aromatic N) is 4. The zero-order valence-electron chi connectivity index (χ0n) is 24.6. The van der Waals surface area contributed by atoms with E-state index in [0.29, 0.717) is 40.5 Å². The van der Waals surface area contributed by atoms with Crippen LogP contribution in [0.4, 0.5) is 14.6 Å². The number of phenolic OH excluding ortho intramolecular Hbond substituents is 1. The summed E-state index contributed by atoms with van der Waals surface area (Å²) in [6, 6.07) is 8.53. The number of aromatic hydroxyl groups is 1. The molecular weight excluding hydrogens is 548 g/mol. The largest absolute Gasteiger partial charge is 0.508 e. The number of phenols is 1. The van der Waals surface area contributed by atoms with E-state index in [1.54, 1.807) is 18.2 Å². The van der Waals surface area contributed by atoms with Gasteiger partial charge >= 0.3 is 6.01 Å². The normalized spacial score (nSPS) is 21.3. The van der Waals surface area contributed by atoms with Gasteiger partial charge in [-0.1, -0.05) is 13.0 Å². The summed E-state index contributed by atoms with van der Waals surface area (Å²) >= 11 is 0. The van der Waals surface area contributed by atoms with Crippen molar-refractivity contribution in [3.8, 4) is 22.9 Å². The molecular formula is C34H37F2N5O2. The summed E-state index contributed by atoms with van der Waals surface area (Å²) in [5.74, 6) is -0.0921. The number of nitrogens with one attached hydrogen (secondary N) is 1. The third-order valence-electron chi connectivity index (χ3n) is 10.4. The van der Waals surface area contributed by atoms with Gasteiger partial charge in [0, 0.05) is 36.6 Å². The van der Waals surface area contributed by atoms with Crippen LogP contribution in [0.3, 0.4) is 0 Å². The first-order valence-electron chi connectivity index (χ1n) is 15.8. The maximum Gasteiger partial charge on any atom is 0.319 e. The molecule has 3 saturated heterocycles.